The maximum Gasteiger partial charge on any atom is 0.248 e. The largest absolute Gasteiger partial charge is 0.366 e. The molecule has 0 radical (unpaired) electrons. The van der Waals surface area contributed by atoms with Crippen molar-refractivity contribution in [2.45, 2.75) is 25.9 Å². The Morgan fingerprint density at radius 2 is 2.22 bits per heavy atom. The lowest BCUT2D eigenvalue weighted by Gasteiger charge is -2.13. The van der Waals surface area contributed by atoms with Crippen LogP contribution >= 0.6 is 0 Å². The average Bonchev–Trinajstić information content (AvgIpc) is 2.34. The summed E-state index contributed by atoms with van der Waals surface area (Å²) < 4.78 is 11.0. The fourth-order valence-corrected chi connectivity index (χ4v) is 2.26. The number of nitrogens with two attached hydrogens (primary N) is 1. The number of carbonyl (C=O) groups excluding carboxylic acids is 1. The normalized spacial score (nSPS) is 14.1. The van der Waals surface area contributed by atoms with Crippen molar-refractivity contribution in [3.63, 3.8) is 0 Å². The monoisotopic (exact) mass is 268 g/mol. The Bertz CT molecular complexity index is 435. The van der Waals surface area contributed by atoms with Gasteiger partial charge in [-0.2, -0.15) is 0 Å². The molecule has 5 heteroatoms. The molecule has 100 valence electrons. The second-order valence-electron chi connectivity index (χ2n) is 4.41. The quantitative estimate of drug-likeness (QED) is 0.776. The fourth-order valence-electron chi connectivity index (χ4n) is 1.57. The molecule has 0 aliphatic rings. The van der Waals surface area contributed by atoms with Gasteiger partial charge in [0.05, 0.1) is 0 Å². The van der Waals surface area contributed by atoms with Gasteiger partial charge in [-0.3, -0.25) is 9.00 Å². The number of benzene rings is 1. The summed E-state index contributed by atoms with van der Waals surface area (Å²) in [5.41, 5.74) is 6.77. The molecule has 1 amide bonds. The lowest BCUT2D eigenvalue weighted by Crippen LogP contribution is -2.27. The Labute approximate surface area is 110 Å². The van der Waals surface area contributed by atoms with Crippen LogP contribution in [0.15, 0.2) is 24.3 Å². The molecule has 0 heterocycles. The predicted octanol–water partition coefficient (Wildman–Crippen LogP) is 1.03. The molecule has 2 unspecified atom stereocenters. The molecule has 0 aliphatic carbocycles. The summed E-state index contributed by atoms with van der Waals surface area (Å²) in [6.45, 7) is 2.74. The van der Waals surface area contributed by atoms with Crippen molar-refractivity contribution >= 4 is 16.7 Å². The first-order valence-electron chi connectivity index (χ1n) is 5.91. The van der Waals surface area contributed by atoms with E-state index in [1.165, 1.54) is 0 Å². The highest BCUT2D eigenvalue weighted by atomic mass is 32.2. The number of carbonyl (C=O) groups is 1. The van der Waals surface area contributed by atoms with E-state index in [0.29, 0.717) is 23.9 Å². The zero-order valence-electron chi connectivity index (χ0n) is 10.8. The Morgan fingerprint density at radius 3 is 2.83 bits per heavy atom. The molecule has 0 saturated carbocycles. The zero-order valence-corrected chi connectivity index (χ0v) is 11.6. The van der Waals surface area contributed by atoms with Crippen molar-refractivity contribution in [2.75, 3.05) is 12.0 Å². The molecule has 4 nitrogen and oxygen atoms in total. The summed E-state index contributed by atoms with van der Waals surface area (Å²) in [7, 11) is -0.745. The van der Waals surface area contributed by atoms with Gasteiger partial charge in [0.2, 0.25) is 5.91 Å². The number of rotatable bonds is 7. The first kappa shape index (κ1) is 14.9. The molecular weight excluding hydrogens is 248 g/mol. The van der Waals surface area contributed by atoms with E-state index in [4.69, 9.17) is 5.73 Å². The highest BCUT2D eigenvalue weighted by Gasteiger charge is 2.04. The van der Waals surface area contributed by atoms with Crippen molar-refractivity contribution in [1.82, 2.24) is 5.32 Å². The molecule has 0 aromatic heterocycles. The Balaban J connectivity index is 2.45. The van der Waals surface area contributed by atoms with E-state index in [-0.39, 0.29) is 0 Å². The van der Waals surface area contributed by atoms with Crippen LogP contribution in [0.4, 0.5) is 0 Å². The third kappa shape index (κ3) is 5.42. The second-order valence-corrected chi connectivity index (χ2v) is 5.97. The maximum atomic E-state index is 11.0. The molecule has 0 aliphatic heterocycles. The Kier molecular flexibility index (Phi) is 6.01. The van der Waals surface area contributed by atoms with E-state index < -0.39 is 16.7 Å². The van der Waals surface area contributed by atoms with Crippen LogP contribution in [-0.2, 0) is 17.3 Å². The first-order valence-corrected chi connectivity index (χ1v) is 7.64. The van der Waals surface area contributed by atoms with Gasteiger partial charge in [0, 0.05) is 41.0 Å². The molecule has 1 rings (SSSR count). The van der Waals surface area contributed by atoms with Crippen LogP contribution in [0, 0.1) is 0 Å². The van der Waals surface area contributed by atoms with Crippen molar-refractivity contribution in [2.24, 2.45) is 5.73 Å². The maximum absolute atomic E-state index is 11.0. The van der Waals surface area contributed by atoms with E-state index in [2.05, 4.69) is 12.2 Å². The van der Waals surface area contributed by atoms with Crippen molar-refractivity contribution in [3.8, 4) is 0 Å². The Morgan fingerprint density at radius 1 is 1.50 bits per heavy atom. The van der Waals surface area contributed by atoms with Gasteiger partial charge in [0.1, 0.15) is 0 Å². The summed E-state index contributed by atoms with van der Waals surface area (Å²) in [6.07, 6.45) is 2.58. The van der Waals surface area contributed by atoms with E-state index in [0.717, 1.165) is 12.0 Å². The SMILES string of the molecule is CC(CCS(C)=O)NCc1cccc(C(N)=O)c1. The highest BCUT2D eigenvalue weighted by Crippen LogP contribution is 2.05. The lowest BCUT2D eigenvalue weighted by molar-refractivity contribution is 0.1000. The van der Waals surface area contributed by atoms with Crippen LogP contribution in [0.5, 0.6) is 0 Å². The standard InChI is InChI=1S/C13H20N2O2S/c1-10(6-7-18(2)17)15-9-11-4-3-5-12(8-11)13(14)16/h3-5,8,10,15H,6-7,9H2,1-2H3,(H2,14,16). The van der Waals surface area contributed by atoms with Gasteiger partial charge >= 0.3 is 0 Å². The summed E-state index contributed by atoms with van der Waals surface area (Å²) in [6, 6.07) is 7.56. The minimum absolute atomic E-state index is 0.297. The topological polar surface area (TPSA) is 72.2 Å². The molecule has 18 heavy (non-hydrogen) atoms. The number of hydrogen-bond donors (Lipinski definition) is 2. The van der Waals surface area contributed by atoms with Gasteiger partial charge in [-0.15, -0.1) is 0 Å². The van der Waals surface area contributed by atoms with E-state index in [9.17, 15) is 9.00 Å². The lowest BCUT2D eigenvalue weighted by atomic mass is 10.1. The molecule has 1 aromatic carbocycles. The van der Waals surface area contributed by atoms with Gasteiger partial charge in [-0.05, 0) is 31.0 Å². The number of nitrogens with one attached hydrogen (secondary N) is 1. The summed E-state index contributed by atoms with van der Waals surface area (Å²) in [5.74, 6) is 0.293. The minimum atomic E-state index is -0.745. The second kappa shape index (κ2) is 7.28. The average molecular weight is 268 g/mol. The van der Waals surface area contributed by atoms with Gasteiger partial charge in [0.25, 0.3) is 0 Å². The van der Waals surface area contributed by atoms with Gasteiger partial charge in [0.15, 0.2) is 0 Å². The first-order chi connectivity index (χ1) is 8.49. The number of amides is 1. The summed E-state index contributed by atoms with van der Waals surface area (Å²) in [5, 5.41) is 3.33. The zero-order chi connectivity index (χ0) is 13.5. The molecule has 0 spiro atoms. The van der Waals surface area contributed by atoms with E-state index >= 15 is 0 Å². The van der Waals surface area contributed by atoms with Crippen LogP contribution in [0.1, 0.15) is 29.3 Å². The smallest absolute Gasteiger partial charge is 0.248 e. The van der Waals surface area contributed by atoms with Crippen LogP contribution < -0.4 is 11.1 Å². The van der Waals surface area contributed by atoms with Crippen LogP contribution in [0.2, 0.25) is 0 Å². The molecule has 0 saturated heterocycles. The molecular formula is C13H20N2O2S. The van der Waals surface area contributed by atoms with Crippen LogP contribution in [0.25, 0.3) is 0 Å². The van der Waals surface area contributed by atoms with Crippen molar-refractivity contribution in [1.29, 1.82) is 0 Å². The number of primary amides is 1. The van der Waals surface area contributed by atoms with E-state index in [1.807, 2.05) is 12.1 Å². The fraction of sp³-hybridized carbons (Fsp3) is 0.462. The van der Waals surface area contributed by atoms with Crippen molar-refractivity contribution in [3.05, 3.63) is 35.4 Å². The molecule has 0 bridgehead atoms. The molecule has 3 N–H and O–H groups in total. The van der Waals surface area contributed by atoms with Gasteiger partial charge in [-0.1, -0.05) is 12.1 Å². The highest BCUT2D eigenvalue weighted by molar-refractivity contribution is 7.84. The molecule has 0 fully saturated rings. The number of hydrogen-bond acceptors (Lipinski definition) is 3. The molecule has 1 aromatic rings. The van der Waals surface area contributed by atoms with E-state index in [1.54, 1.807) is 18.4 Å². The van der Waals surface area contributed by atoms with Crippen molar-refractivity contribution < 1.29 is 9.00 Å². The summed E-state index contributed by atoms with van der Waals surface area (Å²) in [4.78, 5) is 11.0. The third-order valence-corrected chi connectivity index (χ3v) is 3.52. The van der Waals surface area contributed by atoms with Crippen LogP contribution in [-0.4, -0.2) is 28.2 Å². The van der Waals surface area contributed by atoms with Gasteiger partial charge < -0.3 is 11.1 Å². The van der Waals surface area contributed by atoms with Gasteiger partial charge in [-0.25, -0.2) is 0 Å². The van der Waals surface area contributed by atoms with Crippen LogP contribution in [0.3, 0.4) is 0 Å². The Hall–Kier alpha value is -1.20. The minimum Gasteiger partial charge on any atom is -0.366 e. The summed E-state index contributed by atoms with van der Waals surface area (Å²) >= 11 is 0. The third-order valence-electron chi connectivity index (χ3n) is 2.70. The molecule has 2 atom stereocenters. The predicted molar refractivity (Wildman–Crippen MR) is 74.8 cm³/mol.